The molecule has 358 valence electrons. The lowest BCUT2D eigenvalue weighted by Crippen LogP contribution is -2.58. The van der Waals surface area contributed by atoms with Crippen LogP contribution in [-0.4, -0.2) is 124 Å². The highest BCUT2D eigenvalue weighted by molar-refractivity contribution is 7.13. The van der Waals surface area contributed by atoms with Gasteiger partial charge in [-0.15, -0.1) is 11.3 Å². The fourth-order valence-corrected chi connectivity index (χ4v) is 9.05. The Morgan fingerprint density at radius 2 is 1.72 bits per heavy atom. The minimum atomic E-state index is -1.04. The molecular weight excluding hydrogens is 893 g/mol. The number of carbonyl (C=O) groups excluding carboxylic acids is 6. The van der Waals surface area contributed by atoms with Gasteiger partial charge >= 0.3 is 0 Å². The molecule has 0 saturated carbocycles. The Hall–Kier alpha value is -6.96. The van der Waals surface area contributed by atoms with Crippen molar-refractivity contribution in [2.24, 2.45) is 5.41 Å². The van der Waals surface area contributed by atoms with Crippen molar-refractivity contribution in [2.75, 3.05) is 40.4 Å². The monoisotopic (exact) mass is 948 g/mol. The first kappa shape index (κ1) is 49.0. The number of hydrogen-bond donors (Lipinski definition) is 6. The smallest absolute Gasteiger partial charge is 0.273 e. The van der Waals surface area contributed by atoms with Crippen LogP contribution in [0.2, 0.25) is 0 Å². The molecule has 68 heavy (non-hydrogen) atoms. The maximum Gasteiger partial charge on any atom is 0.273 e. The molecule has 2 aromatic heterocycles. The summed E-state index contributed by atoms with van der Waals surface area (Å²) in [5.74, 6) is -2.73. The van der Waals surface area contributed by atoms with Crippen LogP contribution in [0.15, 0.2) is 76.8 Å². The van der Waals surface area contributed by atoms with Crippen molar-refractivity contribution in [2.45, 2.75) is 77.7 Å². The van der Waals surface area contributed by atoms with E-state index in [-0.39, 0.29) is 67.2 Å². The van der Waals surface area contributed by atoms with E-state index >= 15 is 0 Å². The van der Waals surface area contributed by atoms with Gasteiger partial charge in [-0.2, -0.15) is 0 Å². The number of nitrogens with one attached hydrogen (secondary N) is 4. The number of phenolic OH excluding ortho intramolecular Hbond substituents is 1. The number of nitrogens with zero attached hydrogens (tertiary/aromatic N) is 4. The Bertz CT molecular complexity index is 2690. The molecular formula is C49H56N8O10S. The average molecular weight is 949 g/mol. The van der Waals surface area contributed by atoms with Crippen LogP contribution in [0.25, 0.3) is 21.8 Å². The van der Waals surface area contributed by atoms with Crippen molar-refractivity contribution in [1.82, 2.24) is 41.2 Å². The van der Waals surface area contributed by atoms with Gasteiger partial charge in [0.1, 0.15) is 24.4 Å². The Morgan fingerprint density at radius 3 is 2.41 bits per heavy atom. The largest absolute Gasteiger partial charge is 0.507 e. The van der Waals surface area contributed by atoms with Gasteiger partial charge in [0.25, 0.3) is 17.7 Å². The first-order chi connectivity index (χ1) is 32.4. The maximum atomic E-state index is 14.0. The molecule has 3 aromatic carbocycles. The second-order valence-corrected chi connectivity index (χ2v) is 19.1. The van der Waals surface area contributed by atoms with Crippen LogP contribution >= 0.6 is 11.3 Å². The summed E-state index contributed by atoms with van der Waals surface area (Å²) in [6.07, 6.45) is 0.428. The Labute approximate surface area is 397 Å². The molecule has 2 aliphatic rings. The number of aliphatic hydroxyl groups excluding tert-OH is 1. The highest BCUT2D eigenvalue weighted by atomic mass is 32.1. The van der Waals surface area contributed by atoms with Crippen molar-refractivity contribution in [3.63, 3.8) is 0 Å². The number of aryl methyl sites for hydroxylation is 2. The van der Waals surface area contributed by atoms with Crippen LogP contribution in [-0.2, 0) is 32.1 Å². The SMILES string of the molecule is Cc1ncsc1-c1ccc(CNC(=O)[C@@H]2C[C@@H](O)CN2C(=O)[C@@H](NC(=O)COCCNC(=O)c2ccc3c(c2)[C@H](NC(=O)c2cc(-c4ccc(C(=O)N(C)C)c(O)c4)on2)CC3)C(C)(C)C)cc1. The van der Waals surface area contributed by atoms with E-state index in [1.54, 1.807) is 69.9 Å². The van der Waals surface area contributed by atoms with E-state index in [4.69, 9.17) is 9.26 Å². The van der Waals surface area contributed by atoms with Crippen LogP contribution in [0.1, 0.15) is 93.2 Å². The van der Waals surface area contributed by atoms with Crippen LogP contribution in [0, 0.1) is 12.3 Å². The number of hydrogen-bond acceptors (Lipinski definition) is 13. The Morgan fingerprint density at radius 1 is 0.971 bits per heavy atom. The van der Waals surface area contributed by atoms with Gasteiger partial charge in [0.2, 0.25) is 17.7 Å². The minimum absolute atomic E-state index is 0.0112. The van der Waals surface area contributed by atoms with Crippen LogP contribution in [0.4, 0.5) is 0 Å². The fraction of sp³-hybridized carbons (Fsp3) is 0.388. The summed E-state index contributed by atoms with van der Waals surface area (Å²) in [6, 6.07) is 16.6. The second-order valence-electron chi connectivity index (χ2n) is 18.2. The summed E-state index contributed by atoms with van der Waals surface area (Å²) >= 11 is 1.56. The van der Waals surface area contributed by atoms with E-state index in [9.17, 15) is 39.0 Å². The molecule has 0 bridgehead atoms. The van der Waals surface area contributed by atoms with Crippen molar-refractivity contribution in [3.05, 3.63) is 111 Å². The van der Waals surface area contributed by atoms with Crippen LogP contribution < -0.4 is 21.3 Å². The topological polar surface area (TPSA) is 246 Å². The van der Waals surface area contributed by atoms with Crippen molar-refractivity contribution in [3.8, 4) is 27.5 Å². The first-order valence-electron chi connectivity index (χ1n) is 22.2. The number of ether oxygens (including phenoxy) is 1. The number of amides is 6. The molecule has 6 N–H and O–H groups in total. The minimum Gasteiger partial charge on any atom is -0.507 e. The zero-order valence-corrected chi connectivity index (χ0v) is 39.6. The van der Waals surface area contributed by atoms with Gasteiger partial charge in [-0.1, -0.05) is 62.3 Å². The summed E-state index contributed by atoms with van der Waals surface area (Å²) < 4.78 is 11.0. The Balaban J connectivity index is 0.864. The molecule has 0 spiro atoms. The summed E-state index contributed by atoms with van der Waals surface area (Å²) in [7, 11) is 3.15. The van der Waals surface area contributed by atoms with E-state index in [1.165, 1.54) is 28.0 Å². The number of rotatable bonds is 16. The van der Waals surface area contributed by atoms with Gasteiger partial charge in [-0.05, 0) is 71.7 Å². The average Bonchev–Trinajstić information content (AvgIpc) is 4.14. The Kier molecular flexibility index (Phi) is 15.1. The second kappa shape index (κ2) is 20.9. The zero-order chi connectivity index (χ0) is 48.9. The lowest BCUT2D eigenvalue weighted by atomic mass is 9.85. The van der Waals surface area contributed by atoms with Crippen LogP contribution in [0.5, 0.6) is 5.75 Å². The van der Waals surface area contributed by atoms with E-state index in [2.05, 4.69) is 31.4 Å². The number of phenols is 1. The third-order valence-electron chi connectivity index (χ3n) is 11.9. The third kappa shape index (κ3) is 11.4. The summed E-state index contributed by atoms with van der Waals surface area (Å²) in [5.41, 5.74) is 6.58. The maximum absolute atomic E-state index is 14.0. The molecule has 1 aliphatic heterocycles. The third-order valence-corrected chi connectivity index (χ3v) is 12.9. The molecule has 19 heteroatoms. The van der Waals surface area contributed by atoms with Gasteiger partial charge in [0, 0.05) is 57.3 Å². The van der Waals surface area contributed by atoms with Crippen LogP contribution in [0.3, 0.4) is 0 Å². The highest BCUT2D eigenvalue weighted by Gasteiger charge is 2.44. The number of aromatic hydroxyl groups is 1. The van der Waals surface area contributed by atoms with E-state index < -0.39 is 59.9 Å². The molecule has 0 unspecified atom stereocenters. The molecule has 6 amide bonds. The summed E-state index contributed by atoms with van der Waals surface area (Å²) in [5, 5.41) is 36.3. The quantitative estimate of drug-likeness (QED) is 0.0765. The predicted octanol–water partition coefficient (Wildman–Crippen LogP) is 4.15. The molecule has 1 fully saturated rings. The lowest BCUT2D eigenvalue weighted by molar-refractivity contribution is -0.144. The van der Waals surface area contributed by atoms with Gasteiger partial charge in [0.15, 0.2) is 11.5 Å². The number of aromatic nitrogens is 2. The summed E-state index contributed by atoms with van der Waals surface area (Å²) in [4.78, 5) is 87.4. The number of thiazole rings is 1. The zero-order valence-electron chi connectivity index (χ0n) is 38.8. The van der Waals surface area contributed by atoms with Crippen molar-refractivity contribution >= 4 is 46.8 Å². The molecule has 1 saturated heterocycles. The lowest BCUT2D eigenvalue weighted by Gasteiger charge is -2.35. The molecule has 1 aliphatic carbocycles. The number of carbonyl (C=O) groups is 6. The standard InChI is InChI=1S/C49H56N8O10S/c1-27-42(68-26-52-27)30-9-7-28(8-10-30)23-51-46(63)38-21-33(58)24-57(38)48(65)43(49(2,3)4)54-41(60)25-66-18-17-50-44(61)32-12-11-29-14-16-36(35(29)19-32)53-45(62)37-22-40(67-55-37)31-13-15-34(39(59)20-31)47(64)56(5)6/h7-13,15,19-20,22,26,33,36,38,43,58-59H,14,16-18,21,23-25H2,1-6H3,(H,50,61)(H,51,63)(H,53,62)(H,54,60)/t33-,36-,38+,43-/m1/s1. The number of benzene rings is 3. The highest BCUT2D eigenvalue weighted by Crippen LogP contribution is 2.34. The number of likely N-dealkylation sites (tertiary alicyclic amines) is 1. The van der Waals surface area contributed by atoms with E-state index in [0.717, 1.165) is 32.8 Å². The van der Waals surface area contributed by atoms with Gasteiger partial charge < -0.3 is 50.5 Å². The normalized spacial score (nSPS) is 17.0. The van der Waals surface area contributed by atoms with Crippen molar-refractivity contribution < 1.29 is 48.2 Å². The number of aliphatic hydroxyl groups is 1. The number of β-amino-alcohol motifs (C(OH)–C–C–N with tert-alkyl or cyclic N) is 1. The molecule has 5 aromatic rings. The molecule has 0 radical (unpaired) electrons. The fourth-order valence-electron chi connectivity index (χ4n) is 8.24. The predicted molar refractivity (Wildman–Crippen MR) is 251 cm³/mol. The summed E-state index contributed by atoms with van der Waals surface area (Å²) in [6.45, 7) is 7.15. The van der Waals surface area contributed by atoms with Gasteiger partial charge in [-0.3, -0.25) is 28.8 Å². The molecule has 18 nitrogen and oxygen atoms in total. The number of fused-ring (bicyclic) bond motifs is 1. The van der Waals surface area contributed by atoms with E-state index in [0.29, 0.717) is 24.0 Å². The first-order valence-corrected chi connectivity index (χ1v) is 23.1. The molecule has 4 atom stereocenters. The molecule has 3 heterocycles. The van der Waals surface area contributed by atoms with Crippen molar-refractivity contribution in [1.29, 1.82) is 0 Å². The van der Waals surface area contributed by atoms with E-state index in [1.807, 2.05) is 37.3 Å². The van der Waals surface area contributed by atoms with Gasteiger partial charge in [-0.25, -0.2) is 4.98 Å². The van der Waals surface area contributed by atoms with Gasteiger partial charge in [0.05, 0.1) is 40.4 Å². The molecule has 7 rings (SSSR count).